The molecule has 1 saturated heterocycles. The molecule has 1 aliphatic heterocycles. The first-order chi connectivity index (χ1) is 16.3. The number of nitrogens with zero attached hydrogens (tertiary/aromatic N) is 3. The molecule has 1 aliphatic rings. The molecule has 176 valence electrons. The van der Waals surface area contributed by atoms with Gasteiger partial charge in [0.2, 0.25) is 10.0 Å². The maximum atomic E-state index is 13.3. The van der Waals surface area contributed by atoms with Gasteiger partial charge in [0, 0.05) is 44.3 Å². The van der Waals surface area contributed by atoms with Crippen LogP contribution in [0.5, 0.6) is 0 Å². The number of oxazole rings is 1. The van der Waals surface area contributed by atoms with Crippen molar-refractivity contribution in [3.8, 4) is 0 Å². The zero-order valence-corrected chi connectivity index (χ0v) is 20.2. The molecule has 9 heteroatoms. The molecule has 4 aromatic rings. The minimum absolute atomic E-state index is 0.00161. The van der Waals surface area contributed by atoms with Gasteiger partial charge >= 0.3 is 5.76 Å². The molecule has 1 unspecified atom stereocenters. The number of hydrogen-bond donors (Lipinski definition) is 0. The van der Waals surface area contributed by atoms with Crippen LogP contribution in [0.2, 0.25) is 5.02 Å². The monoisotopic (exact) mass is 497 g/mol. The van der Waals surface area contributed by atoms with Crippen LogP contribution in [0.15, 0.2) is 86.9 Å². The first kappa shape index (κ1) is 22.9. The van der Waals surface area contributed by atoms with Gasteiger partial charge in [-0.2, -0.15) is 4.31 Å². The number of rotatable bonds is 5. The molecular formula is C25H24ClN3O4S. The van der Waals surface area contributed by atoms with Crippen LogP contribution in [0.4, 0.5) is 0 Å². The highest BCUT2D eigenvalue weighted by molar-refractivity contribution is 7.89. The summed E-state index contributed by atoms with van der Waals surface area (Å²) in [7, 11) is -2.13. The summed E-state index contributed by atoms with van der Waals surface area (Å²) in [5.74, 6) is -0.521. The van der Waals surface area contributed by atoms with Gasteiger partial charge in [-0.15, -0.1) is 0 Å². The van der Waals surface area contributed by atoms with Crippen molar-refractivity contribution in [3.63, 3.8) is 0 Å². The summed E-state index contributed by atoms with van der Waals surface area (Å²) in [4.78, 5) is 14.2. The normalized spacial score (nSPS) is 16.6. The number of sulfonamides is 1. The molecule has 2 heterocycles. The quantitative estimate of drug-likeness (QED) is 0.418. The zero-order chi connectivity index (χ0) is 23.9. The van der Waals surface area contributed by atoms with Crippen LogP contribution in [0.1, 0.15) is 17.2 Å². The van der Waals surface area contributed by atoms with Crippen molar-refractivity contribution in [2.24, 2.45) is 7.05 Å². The average Bonchev–Trinajstić information content (AvgIpc) is 3.14. The lowest BCUT2D eigenvalue weighted by Crippen LogP contribution is -2.49. The molecule has 0 aliphatic carbocycles. The number of piperazine rings is 1. The largest absolute Gasteiger partial charge is 0.419 e. The highest BCUT2D eigenvalue weighted by Gasteiger charge is 2.32. The van der Waals surface area contributed by atoms with E-state index in [0.717, 1.165) is 11.1 Å². The summed E-state index contributed by atoms with van der Waals surface area (Å²) in [6.07, 6.45) is 0. The number of aryl methyl sites for hydroxylation is 1. The van der Waals surface area contributed by atoms with Gasteiger partial charge in [-0.05, 0) is 35.4 Å². The second kappa shape index (κ2) is 9.03. The van der Waals surface area contributed by atoms with Gasteiger partial charge in [0.25, 0.3) is 0 Å². The van der Waals surface area contributed by atoms with Crippen LogP contribution in [0.25, 0.3) is 11.1 Å². The van der Waals surface area contributed by atoms with Crippen molar-refractivity contribution in [2.75, 3.05) is 26.2 Å². The van der Waals surface area contributed by atoms with E-state index >= 15 is 0 Å². The summed E-state index contributed by atoms with van der Waals surface area (Å²) < 4.78 is 34.7. The van der Waals surface area contributed by atoms with E-state index in [2.05, 4.69) is 17.0 Å². The Kier molecular flexibility index (Phi) is 6.07. The summed E-state index contributed by atoms with van der Waals surface area (Å²) in [6.45, 7) is 1.86. The second-order valence-electron chi connectivity index (χ2n) is 8.36. The lowest BCUT2D eigenvalue weighted by Gasteiger charge is -2.39. The predicted molar refractivity (Wildman–Crippen MR) is 132 cm³/mol. The topological polar surface area (TPSA) is 75.8 Å². The Hall–Kier alpha value is -2.91. The maximum Gasteiger partial charge on any atom is 0.419 e. The van der Waals surface area contributed by atoms with Gasteiger partial charge in [0.1, 0.15) is 0 Å². The lowest BCUT2D eigenvalue weighted by molar-refractivity contribution is 0.156. The van der Waals surface area contributed by atoms with E-state index in [9.17, 15) is 13.2 Å². The fraction of sp³-hybridized carbons (Fsp3) is 0.240. The molecule has 5 rings (SSSR count). The molecule has 0 radical (unpaired) electrons. The Morgan fingerprint density at radius 2 is 1.53 bits per heavy atom. The molecule has 1 fully saturated rings. The van der Waals surface area contributed by atoms with Gasteiger partial charge in [-0.25, -0.2) is 13.2 Å². The van der Waals surface area contributed by atoms with Crippen LogP contribution in [-0.2, 0) is 17.1 Å². The van der Waals surface area contributed by atoms with Gasteiger partial charge in [-0.3, -0.25) is 9.47 Å². The third kappa shape index (κ3) is 4.18. The Morgan fingerprint density at radius 1 is 0.882 bits per heavy atom. The first-order valence-corrected chi connectivity index (χ1v) is 12.8. The highest BCUT2D eigenvalue weighted by Crippen LogP contribution is 2.31. The molecule has 0 amide bonds. The summed E-state index contributed by atoms with van der Waals surface area (Å²) >= 11 is 6.11. The van der Waals surface area contributed by atoms with E-state index in [0.29, 0.717) is 36.7 Å². The van der Waals surface area contributed by atoms with Crippen molar-refractivity contribution in [2.45, 2.75) is 10.9 Å². The van der Waals surface area contributed by atoms with Gasteiger partial charge in [0.15, 0.2) is 5.58 Å². The number of aromatic nitrogens is 1. The molecule has 0 bridgehead atoms. The zero-order valence-electron chi connectivity index (χ0n) is 18.6. The number of halogens is 1. The molecule has 0 N–H and O–H groups in total. The maximum absolute atomic E-state index is 13.3. The standard InChI is InChI=1S/C25H24ClN3O4S/c1-27-22-12-11-21(17-23(22)33-25(27)30)34(31,32)29-15-13-28(14-16-29)24(18-5-3-2-4-6-18)19-7-9-20(26)10-8-19/h2-12,17,24H,13-16H2,1H3. The number of benzene rings is 3. The van der Waals surface area contributed by atoms with E-state index < -0.39 is 15.8 Å². The van der Waals surface area contributed by atoms with Crippen molar-refractivity contribution in [1.29, 1.82) is 0 Å². The fourth-order valence-corrected chi connectivity index (χ4v) is 6.08. The van der Waals surface area contributed by atoms with Crippen LogP contribution in [0, 0.1) is 0 Å². The van der Waals surface area contributed by atoms with E-state index in [1.54, 1.807) is 13.1 Å². The van der Waals surface area contributed by atoms with Crippen molar-refractivity contribution < 1.29 is 12.8 Å². The Labute approximate surface area is 202 Å². The summed E-state index contributed by atoms with van der Waals surface area (Å²) in [5, 5.41) is 0.678. The third-order valence-corrected chi connectivity index (χ3v) is 8.49. The van der Waals surface area contributed by atoms with E-state index in [1.165, 1.54) is 21.0 Å². The number of fused-ring (bicyclic) bond motifs is 1. The van der Waals surface area contributed by atoms with Crippen LogP contribution < -0.4 is 5.76 Å². The third-order valence-electron chi connectivity index (χ3n) is 6.34. The van der Waals surface area contributed by atoms with Gasteiger partial charge < -0.3 is 4.42 Å². The Morgan fingerprint density at radius 3 is 2.21 bits per heavy atom. The SMILES string of the molecule is Cn1c(=O)oc2cc(S(=O)(=O)N3CCN(C(c4ccccc4)c4ccc(Cl)cc4)CC3)ccc21. The smallest absolute Gasteiger partial charge is 0.408 e. The average molecular weight is 498 g/mol. The lowest BCUT2D eigenvalue weighted by atomic mass is 9.96. The molecule has 0 saturated carbocycles. The Bertz CT molecular complexity index is 1470. The molecule has 3 aromatic carbocycles. The minimum atomic E-state index is -3.72. The van der Waals surface area contributed by atoms with Crippen molar-refractivity contribution in [3.05, 3.63) is 99.5 Å². The fourth-order valence-electron chi connectivity index (χ4n) is 4.52. The van der Waals surface area contributed by atoms with E-state index in [-0.39, 0.29) is 16.5 Å². The first-order valence-electron chi connectivity index (χ1n) is 11.0. The van der Waals surface area contributed by atoms with E-state index in [1.807, 2.05) is 42.5 Å². The molecule has 1 aromatic heterocycles. The highest BCUT2D eigenvalue weighted by atomic mass is 35.5. The summed E-state index contributed by atoms with van der Waals surface area (Å²) in [5.41, 5.74) is 3.07. The van der Waals surface area contributed by atoms with Crippen molar-refractivity contribution >= 4 is 32.7 Å². The molecule has 7 nitrogen and oxygen atoms in total. The molecule has 0 spiro atoms. The minimum Gasteiger partial charge on any atom is -0.408 e. The van der Waals surface area contributed by atoms with Crippen LogP contribution in [-0.4, -0.2) is 48.4 Å². The number of hydrogen-bond acceptors (Lipinski definition) is 5. The second-order valence-corrected chi connectivity index (χ2v) is 10.7. The van der Waals surface area contributed by atoms with E-state index in [4.69, 9.17) is 16.0 Å². The van der Waals surface area contributed by atoms with Gasteiger partial charge in [0.05, 0.1) is 16.5 Å². The predicted octanol–water partition coefficient (Wildman–Crippen LogP) is 3.88. The Balaban J connectivity index is 1.39. The molecule has 1 atom stereocenters. The van der Waals surface area contributed by atoms with Gasteiger partial charge in [-0.1, -0.05) is 54.1 Å². The summed E-state index contributed by atoms with van der Waals surface area (Å²) in [6, 6.07) is 22.5. The van der Waals surface area contributed by atoms with Crippen molar-refractivity contribution in [1.82, 2.24) is 13.8 Å². The van der Waals surface area contributed by atoms with Crippen LogP contribution >= 0.6 is 11.6 Å². The van der Waals surface area contributed by atoms with Crippen LogP contribution in [0.3, 0.4) is 0 Å². The molecular weight excluding hydrogens is 474 g/mol. The molecule has 34 heavy (non-hydrogen) atoms.